The first kappa shape index (κ1) is 13.6. The van der Waals surface area contributed by atoms with Crippen molar-refractivity contribution in [3.8, 4) is 0 Å². The highest BCUT2D eigenvalue weighted by Crippen LogP contribution is 2.19. The van der Waals surface area contributed by atoms with Gasteiger partial charge in [-0.25, -0.2) is 9.97 Å². The Balaban J connectivity index is 2.01. The van der Waals surface area contributed by atoms with E-state index in [1.807, 2.05) is 13.8 Å². The maximum atomic E-state index is 5.62. The highest BCUT2D eigenvalue weighted by atomic mass is 32.1. The molecule has 1 atom stereocenters. The Kier molecular flexibility index (Phi) is 4.45. The van der Waals surface area contributed by atoms with Crippen LogP contribution in [0, 0.1) is 20.8 Å². The summed E-state index contributed by atoms with van der Waals surface area (Å²) in [5, 5.41) is 4.34. The molecule has 0 saturated carbocycles. The molecule has 6 heteroatoms. The van der Waals surface area contributed by atoms with Gasteiger partial charge in [0.15, 0.2) is 0 Å². The van der Waals surface area contributed by atoms with Crippen LogP contribution in [0.3, 0.4) is 0 Å². The highest BCUT2D eigenvalue weighted by molar-refractivity contribution is 7.11. The van der Waals surface area contributed by atoms with E-state index in [2.05, 4.69) is 27.7 Å². The summed E-state index contributed by atoms with van der Waals surface area (Å²) in [5.74, 6) is 5.62. The molecular formula is C12H18N4S2. The second-order valence-electron chi connectivity index (χ2n) is 4.40. The van der Waals surface area contributed by atoms with Crippen LogP contribution in [-0.2, 0) is 12.8 Å². The molecule has 0 fully saturated rings. The molecule has 0 radical (unpaired) electrons. The van der Waals surface area contributed by atoms with Crippen molar-refractivity contribution in [1.82, 2.24) is 15.4 Å². The fraction of sp³-hybridized carbons (Fsp3) is 0.500. The van der Waals surface area contributed by atoms with E-state index in [-0.39, 0.29) is 6.04 Å². The third-order valence-corrected chi connectivity index (χ3v) is 4.90. The molecule has 98 valence electrons. The van der Waals surface area contributed by atoms with Crippen molar-refractivity contribution in [1.29, 1.82) is 0 Å². The summed E-state index contributed by atoms with van der Waals surface area (Å²) in [5.41, 5.74) is 5.07. The SMILES string of the molecule is Cc1csc(CC(Cc2nc(C)c(C)s2)NN)n1. The number of nitrogens with one attached hydrogen (secondary N) is 1. The van der Waals surface area contributed by atoms with Crippen LogP contribution in [-0.4, -0.2) is 16.0 Å². The van der Waals surface area contributed by atoms with Gasteiger partial charge in [0.05, 0.1) is 15.7 Å². The standard InChI is InChI=1S/C12H18N4S2/c1-7-6-17-11(14-7)4-10(16-13)5-12-15-8(2)9(3)18-12/h6,10,16H,4-5,13H2,1-3H3. The van der Waals surface area contributed by atoms with Crippen molar-refractivity contribution in [2.75, 3.05) is 0 Å². The molecule has 0 spiro atoms. The van der Waals surface area contributed by atoms with E-state index >= 15 is 0 Å². The van der Waals surface area contributed by atoms with Crippen molar-refractivity contribution in [3.05, 3.63) is 31.7 Å². The van der Waals surface area contributed by atoms with Gasteiger partial charge in [-0.3, -0.25) is 11.3 Å². The van der Waals surface area contributed by atoms with E-state index in [4.69, 9.17) is 5.84 Å². The van der Waals surface area contributed by atoms with Gasteiger partial charge in [-0.2, -0.15) is 0 Å². The van der Waals surface area contributed by atoms with E-state index in [1.165, 1.54) is 4.88 Å². The molecule has 18 heavy (non-hydrogen) atoms. The summed E-state index contributed by atoms with van der Waals surface area (Å²) in [7, 11) is 0. The van der Waals surface area contributed by atoms with E-state index in [9.17, 15) is 0 Å². The monoisotopic (exact) mass is 282 g/mol. The Morgan fingerprint density at radius 1 is 1.22 bits per heavy atom. The number of hydrazine groups is 1. The summed E-state index contributed by atoms with van der Waals surface area (Å²) >= 11 is 3.44. The fourth-order valence-corrected chi connectivity index (χ4v) is 3.60. The molecule has 2 aromatic rings. The zero-order chi connectivity index (χ0) is 13.1. The van der Waals surface area contributed by atoms with E-state index in [1.54, 1.807) is 22.7 Å². The van der Waals surface area contributed by atoms with Gasteiger partial charge < -0.3 is 0 Å². The van der Waals surface area contributed by atoms with Crippen molar-refractivity contribution in [2.45, 2.75) is 39.7 Å². The molecule has 0 aliphatic heterocycles. The van der Waals surface area contributed by atoms with Crippen LogP contribution in [0.5, 0.6) is 0 Å². The molecule has 2 heterocycles. The highest BCUT2D eigenvalue weighted by Gasteiger charge is 2.14. The third kappa shape index (κ3) is 3.35. The van der Waals surface area contributed by atoms with Crippen LogP contribution in [0.1, 0.15) is 26.3 Å². The number of nitrogens with two attached hydrogens (primary N) is 1. The summed E-state index contributed by atoms with van der Waals surface area (Å²) < 4.78 is 0. The van der Waals surface area contributed by atoms with Crippen LogP contribution in [0.25, 0.3) is 0 Å². The number of nitrogens with zero attached hydrogens (tertiary/aromatic N) is 2. The molecule has 2 rings (SSSR count). The molecule has 0 aromatic carbocycles. The molecule has 0 bridgehead atoms. The van der Waals surface area contributed by atoms with Crippen molar-refractivity contribution < 1.29 is 0 Å². The predicted octanol–water partition coefficient (Wildman–Crippen LogP) is 2.14. The van der Waals surface area contributed by atoms with Gasteiger partial charge in [0.1, 0.15) is 0 Å². The van der Waals surface area contributed by atoms with Crippen LogP contribution in [0.2, 0.25) is 0 Å². The lowest BCUT2D eigenvalue weighted by molar-refractivity contribution is 0.520. The van der Waals surface area contributed by atoms with Crippen LogP contribution < -0.4 is 11.3 Å². The van der Waals surface area contributed by atoms with Crippen molar-refractivity contribution in [3.63, 3.8) is 0 Å². The summed E-state index contributed by atoms with van der Waals surface area (Å²) in [6.07, 6.45) is 1.71. The first-order chi connectivity index (χ1) is 8.58. The maximum Gasteiger partial charge on any atom is 0.0947 e. The first-order valence-corrected chi connectivity index (χ1v) is 7.58. The molecule has 0 aliphatic carbocycles. The maximum absolute atomic E-state index is 5.62. The van der Waals surface area contributed by atoms with Crippen molar-refractivity contribution >= 4 is 22.7 Å². The second-order valence-corrected chi connectivity index (χ2v) is 6.63. The zero-order valence-corrected chi connectivity index (χ0v) is 12.5. The first-order valence-electron chi connectivity index (χ1n) is 5.88. The minimum Gasteiger partial charge on any atom is -0.271 e. The minimum atomic E-state index is 0.195. The average Bonchev–Trinajstić information content (AvgIpc) is 2.85. The van der Waals surface area contributed by atoms with Crippen LogP contribution in [0.15, 0.2) is 5.38 Å². The predicted molar refractivity (Wildman–Crippen MR) is 77.0 cm³/mol. The van der Waals surface area contributed by atoms with Crippen molar-refractivity contribution in [2.24, 2.45) is 5.84 Å². The van der Waals surface area contributed by atoms with Gasteiger partial charge in [0.2, 0.25) is 0 Å². The average molecular weight is 282 g/mol. The molecule has 0 saturated heterocycles. The largest absolute Gasteiger partial charge is 0.271 e. The number of aromatic nitrogens is 2. The normalized spacial score (nSPS) is 12.9. The number of rotatable bonds is 5. The number of thiazole rings is 2. The second kappa shape index (κ2) is 5.88. The summed E-state index contributed by atoms with van der Waals surface area (Å²) in [6, 6.07) is 0.195. The van der Waals surface area contributed by atoms with Gasteiger partial charge in [0.25, 0.3) is 0 Å². The fourth-order valence-electron chi connectivity index (χ4n) is 1.73. The van der Waals surface area contributed by atoms with E-state index in [0.29, 0.717) is 0 Å². The topological polar surface area (TPSA) is 63.8 Å². The molecular weight excluding hydrogens is 264 g/mol. The van der Waals surface area contributed by atoms with Gasteiger partial charge >= 0.3 is 0 Å². The van der Waals surface area contributed by atoms with Gasteiger partial charge in [-0.1, -0.05) is 0 Å². The molecule has 2 aromatic heterocycles. The summed E-state index contributed by atoms with van der Waals surface area (Å²) in [4.78, 5) is 10.3. The molecule has 1 unspecified atom stereocenters. The third-order valence-electron chi connectivity index (χ3n) is 2.82. The Labute approximate surface area is 115 Å². The lowest BCUT2D eigenvalue weighted by Gasteiger charge is -2.12. The smallest absolute Gasteiger partial charge is 0.0947 e. The quantitative estimate of drug-likeness (QED) is 0.651. The Morgan fingerprint density at radius 2 is 1.94 bits per heavy atom. The Hall–Kier alpha value is -0.820. The zero-order valence-electron chi connectivity index (χ0n) is 10.9. The van der Waals surface area contributed by atoms with Gasteiger partial charge in [0, 0.05) is 34.8 Å². The number of hydrogen-bond donors (Lipinski definition) is 2. The molecule has 3 N–H and O–H groups in total. The van der Waals surface area contributed by atoms with E-state index < -0.39 is 0 Å². The lowest BCUT2D eigenvalue weighted by Crippen LogP contribution is -2.38. The number of aryl methyl sites for hydroxylation is 3. The molecule has 0 aliphatic rings. The van der Waals surface area contributed by atoms with E-state index in [0.717, 1.165) is 34.2 Å². The molecule has 0 amide bonds. The number of hydrogen-bond acceptors (Lipinski definition) is 6. The van der Waals surface area contributed by atoms with Crippen LogP contribution >= 0.6 is 22.7 Å². The summed E-state index contributed by atoms with van der Waals surface area (Å²) in [6.45, 7) is 6.16. The van der Waals surface area contributed by atoms with Gasteiger partial charge in [-0.15, -0.1) is 22.7 Å². The minimum absolute atomic E-state index is 0.195. The molecule has 4 nitrogen and oxygen atoms in total. The Morgan fingerprint density at radius 3 is 2.44 bits per heavy atom. The van der Waals surface area contributed by atoms with Gasteiger partial charge in [-0.05, 0) is 20.8 Å². The lowest BCUT2D eigenvalue weighted by atomic mass is 10.1. The van der Waals surface area contributed by atoms with Crippen LogP contribution in [0.4, 0.5) is 0 Å². The Bertz CT molecular complexity index is 498.